The van der Waals surface area contributed by atoms with E-state index < -0.39 is 0 Å². The van der Waals surface area contributed by atoms with E-state index in [4.69, 9.17) is 9.73 Å². The lowest BCUT2D eigenvalue weighted by Crippen LogP contribution is -1.99. The normalized spacial score (nSPS) is 13.7. The third kappa shape index (κ3) is 3.88. The Kier molecular flexibility index (Phi) is 5.21. The summed E-state index contributed by atoms with van der Waals surface area (Å²) in [4.78, 5) is 9.84. The first-order valence-corrected chi connectivity index (χ1v) is 11.0. The molecule has 0 fully saturated rings. The van der Waals surface area contributed by atoms with Crippen molar-refractivity contribution < 1.29 is 9.84 Å². The van der Waals surface area contributed by atoms with Crippen molar-refractivity contribution in [2.45, 2.75) is 6.92 Å². The van der Waals surface area contributed by atoms with Crippen LogP contribution < -0.4 is 10.1 Å². The number of hydrogen-bond donors (Lipinski definition) is 2. The number of aliphatic imine (C=N–C) groups is 1. The molecule has 0 saturated carbocycles. The van der Waals surface area contributed by atoms with E-state index in [0.29, 0.717) is 10.0 Å². The highest BCUT2D eigenvalue weighted by Crippen LogP contribution is 2.42. The lowest BCUT2D eigenvalue weighted by Gasteiger charge is -2.07. The average Bonchev–Trinajstić information content (AvgIpc) is 3.35. The summed E-state index contributed by atoms with van der Waals surface area (Å²) in [5, 5.41) is 14.5. The number of methoxy groups -OCH3 is 1. The molecule has 0 amide bonds. The van der Waals surface area contributed by atoms with Crippen molar-refractivity contribution in [3.8, 4) is 11.6 Å². The second-order valence-corrected chi connectivity index (χ2v) is 8.50. The highest BCUT2D eigenvalue weighted by Gasteiger charge is 2.24. The summed E-state index contributed by atoms with van der Waals surface area (Å²) in [7, 11) is 1.65. The first kappa shape index (κ1) is 20.0. The number of ether oxygens (including phenoxy) is 1. The molecule has 3 aromatic carbocycles. The molecule has 0 saturated heterocycles. The molecular formula is C26H21N3O2S. The Bertz CT molecular complexity index is 1340. The highest BCUT2D eigenvalue weighted by molar-refractivity contribution is 7.16. The second-order valence-electron chi connectivity index (χ2n) is 7.47. The van der Waals surface area contributed by atoms with E-state index in [2.05, 4.69) is 10.3 Å². The van der Waals surface area contributed by atoms with Crippen molar-refractivity contribution >= 4 is 45.2 Å². The quantitative estimate of drug-likeness (QED) is 0.368. The minimum absolute atomic E-state index is 0.0131. The number of allylic oxidation sites excluding steroid dienone is 1. The average molecular weight is 440 g/mol. The number of aromatic hydroxyl groups is 1. The van der Waals surface area contributed by atoms with Crippen LogP contribution in [0.1, 0.15) is 21.6 Å². The molecule has 0 spiro atoms. The molecule has 1 aliphatic rings. The summed E-state index contributed by atoms with van der Waals surface area (Å²) in [5.74, 6) is 0.746. The van der Waals surface area contributed by atoms with E-state index in [1.54, 1.807) is 7.11 Å². The summed E-state index contributed by atoms with van der Waals surface area (Å²) >= 11 is 1.39. The van der Waals surface area contributed by atoms with Gasteiger partial charge in [-0.1, -0.05) is 59.4 Å². The van der Waals surface area contributed by atoms with Gasteiger partial charge in [0.05, 0.1) is 23.4 Å². The third-order valence-corrected chi connectivity index (χ3v) is 6.15. The number of fused-ring (bicyclic) bond motifs is 1. The standard InChI is InChI=1S/C26H21N3O2S/c1-16-8-10-18(11-9-16)27-26-29-25(30)23(32-26)15-21-20-14-19(31-2)12-13-22(20)28-24(21)17-6-4-3-5-7-17/h3-15,30H,1-2H3,(H,27,29). The van der Waals surface area contributed by atoms with Gasteiger partial charge in [0.15, 0.2) is 5.13 Å². The van der Waals surface area contributed by atoms with Crippen LogP contribution >= 0.6 is 11.3 Å². The van der Waals surface area contributed by atoms with Crippen molar-refractivity contribution in [3.63, 3.8) is 0 Å². The molecule has 1 aliphatic heterocycles. The zero-order chi connectivity index (χ0) is 22.1. The molecule has 0 radical (unpaired) electrons. The van der Waals surface area contributed by atoms with Crippen molar-refractivity contribution in [1.82, 2.24) is 4.98 Å². The largest absolute Gasteiger partial charge is 0.497 e. The Labute approximate surface area is 190 Å². The second kappa shape index (κ2) is 8.32. The fourth-order valence-corrected chi connectivity index (χ4v) is 4.41. The van der Waals surface area contributed by atoms with Crippen LogP contribution in [0.4, 0.5) is 16.5 Å². The Morgan fingerprint density at radius 3 is 2.53 bits per heavy atom. The number of rotatable bonds is 5. The van der Waals surface area contributed by atoms with Crippen LogP contribution in [0.2, 0.25) is 0 Å². The predicted molar refractivity (Wildman–Crippen MR) is 132 cm³/mol. The van der Waals surface area contributed by atoms with Crippen molar-refractivity contribution in [3.05, 3.63) is 94.4 Å². The molecule has 6 heteroatoms. The molecule has 158 valence electrons. The predicted octanol–water partition coefficient (Wildman–Crippen LogP) is 6.58. The van der Waals surface area contributed by atoms with E-state index >= 15 is 0 Å². The molecule has 0 atom stereocenters. The molecule has 32 heavy (non-hydrogen) atoms. The lowest BCUT2D eigenvalue weighted by atomic mass is 9.97. The monoisotopic (exact) mass is 439 g/mol. The molecule has 0 bridgehead atoms. The number of nitrogens with one attached hydrogen (secondary N) is 1. The van der Waals surface area contributed by atoms with Gasteiger partial charge in [0.2, 0.25) is 5.88 Å². The summed E-state index contributed by atoms with van der Waals surface area (Å²) < 4.78 is 5.43. The zero-order valence-corrected chi connectivity index (χ0v) is 18.5. The summed E-state index contributed by atoms with van der Waals surface area (Å²) in [5.41, 5.74) is 6.73. The number of nitrogens with zero attached hydrogens (tertiary/aromatic N) is 2. The van der Waals surface area contributed by atoms with Gasteiger partial charge in [-0.2, -0.15) is 4.98 Å². The van der Waals surface area contributed by atoms with Crippen LogP contribution in [0.3, 0.4) is 0 Å². The maximum Gasteiger partial charge on any atom is 0.231 e. The van der Waals surface area contributed by atoms with Crippen LogP contribution in [-0.2, 0) is 0 Å². The van der Waals surface area contributed by atoms with Gasteiger partial charge in [-0.15, -0.1) is 0 Å². The Hall–Kier alpha value is -3.90. The molecular weight excluding hydrogens is 418 g/mol. The van der Waals surface area contributed by atoms with E-state index in [9.17, 15) is 5.11 Å². The van der Waals surface area contributed by atoms with E-state index in [-0.39, 0.29) is 5.88 Å². The summed E-state index contributed by atoms with van der Waals surface area (Å²) in [6.07, 6.45) is 1.95. The molecule has 0 unspecified atom stereocenters. The summed E-state index contributed by atoms with van der Waals surface area (Å²) in [6, 6.07) is 23.9. The first-order valence-electron chi connectivity index (χ1n) is 10.2. The van der Waals surface area contributed by atoms with Crippen LogP contribution in [-0.4, -0.2) is 22.9 Å². The molecule has 4 aromatic rings. The van der Waals surface area contributed by atoms with Gasteiger partial charge in [0, 0.05) is 22.4 Å². The maximum absolute atomic E-state index is 10.6. The van der Waals surface area contributed by atoms with Gasteiger partial charge in [0.25, 0.3) is 0 Å². The highest BCUT2D eigenvalue weighted by atomic mass is 32.1. The van der Waals surface area contributed by atoms with Gasteiger partial charge in [-0.25, -0.2) is 4.99 Å². The summed E-state index contributed by atoms with van der Waals surface area (Å²) in [6.45, 7) is 2.05. The number of benzene rings is 3. The molecule has 1 aromatic heterocycles. The van der Waals surface area contributed by atoms with Gasteiger partial charge in [-0.05, 0) is 43.3 Å². The fraction of sp³-hybridized carbons (Fsp3) is 0.0769. The van der Waals surface area contributed by atoms with E-state index in [0.717, 1.165) is 39.5 Å². The number of aryl methyl sites for hydroxylation is 1. The van der Waals surface area contributed by atoms with Crippen molar-refractivity contribution in [1.29, 1.82) is 0 Å². The van der Waals surface area contributed by atoms with Gasteiger partial charge in [0.1, 0.15) is 5.75 Å². The molecule has 2 heterocycles. The maximum atomic E-state index is 10.6. The molecule has 0 aliphatic carbocycles. The minimum atomic E-state index is -0.0131. The van der Waals surface area contributed by atoms with Crippen molar-refractivity contribution in [2.75, 3.05) is 12.4 Å². The Morgan fingerprint density at radius 1 is 1.00 bits per heavy atom. The number of thiazole rings is 1. The van der Waals surface area contributed by atoms with Crippen LogP contribution in [0.15, 0.2) is 77.8 Å². The van der Waals surface area contributed by atoms with E-state index in [1.165, 1.54) is 16.9 Å². The van der Waals surface area contributed by atoms with Crippen LogP contribution in [0.25, 0.3) is 11.6 Å². The minimum Gasteiger partial charge on any atom is -0.497 e. The smallest absolute Gasteiger partial charge is 0.231 e. The zero-order valence-electron chi connectivity index (χ0n) is 17.7. The van der Waals surface area contributed by atoms with Gasteiger partial charge >= 0.3 is 0 Å². The van der Waals surface area contributed by atoms with Crippen LogP contribution in [0.5, 0.6) is 11.6 Å². The lowest BCUT2D eigenvalue weighted by molar-refractivity contribution is 0.415. The Morgan fingerprint density at radius 2 is 1.78 bits per heavy atom. The number of hydrogen-bond acceptors (Lipinski definition) is 6. The van der Waals surface area contributed by atoms with E-state index in [1.807, 2.05) is 85.8 Å². The topological polar surface area (TPSA) is 66.7 Å². The molecule has 2 N–H and O–H groups in total. The van der Waals surface area contributed by atoms with Gasteiger partial charge < -0.3 is 15.2 Å². The third-order valence-electron chi connectivity index (χ3n) is 5.24. The SMILES string of the molecule is COc1ccc2c(c1)C(=Cc1sc(Nc3ccc(C)cc3)nc1O)C(c1ccccc1)=N2. The fourth-order valence-electron chi connectivity index (χ4n) is 3.59. The molecule has 5 nitrogen and oxygen atoms in total. The van der Waals surface area contributed by atoms with Crippen molar-refractivity contribution in [2.24, 2.45) is 4.99 Å². The first-order chi connectivity index (χ1) is 15.6. The molecule has 5 rings (SSSR count). The van der Waals surface area contributed by atoms with Gasteiger partial charge in [-0.3, -0.25) is 0 Å². The Balaban J connectivity index is 1.56. The number of anilines is 2. The van der Waals surface area contributed by atoms with Crippen LogP contribution in [0, 0.1) is 6.92 Å². The number of aromatic nitrogens is 1.